The van der Waals surface area contributed by atoms with Gasteiger partial charge in [-0.3, -0.25) is 4.98 Å². The first-order valence-electron chi connectivity index (χ1n) is 20.9. The minimum Gasteiger partial charge on any atom is -0.434 e. The molecule has 7 rings (SSSR count). The van der Waals surface area contributed by atoms with E-state index >= 15 is 0 Å². The molecule has 0 fully saturated rings. The van der Waals surface area contributed by atoms with Gasteiger partial charge in [0.05, 0.1) is 5.69 Å². The first kappa shape index (κ1) is 50.3. The molecule has 314 valence electrons. The van der Waals surface area contributed by atoms with E-state index in [0.29, 0.717) is 5.82 Å². The molecule has 0 amide bonds. The van der Waals surface area contributed by atoms with Gasteiger partial charge >= 0.3 is 25.8 Å². The summed E-state index contributed by atoms with van der Waals surface area (Å²) in [4.78, 5) is 15.0. The van der Waals surface area contributed by atoms with Crippen molar-refractivity contribution in [2.75, 3.05) is 0 Å². The van der Waals surface area contributed by atoms with Crippen molar-refractivity contribution in [3.8, 4) is 34.0 Å². The average Bonchev–Trinajstić information content (AvgIpc) is 3.64. The fourth-order valence-electron chi connectivity index (χ4n) is 6.05. The monoisotopic (exact) mass is 973 g/mol. The van der Waals surface area contributed by atoms with Gasteiger partial charge in [-0.15, -0.1) is 36.4 Å². The second kappa shape index (κ2) is 21.6. The van der Waals surface area contributed by atoms with Crippen LogP contribution in [-0.4, -0.2) is 9.97 Å². The summed E-state index contributed by atoms with van der Waals surface area (Å²) >= 11 is 0. The van der Waals surface area contributed by atoms with Crippen LogP contribution in [-0.2, 0) is 47.5 Å². The maximum atomic E-state index is 5.18. The molecule has 0 aliphatic heterocycles. The predicted molar refractivity (Wildman–Crippen MR) is 259 cm³/mol. The van der Waals surface area contributed by atoms with Gasteiger partial charge in [-0.05, 0) is 84.4 Å². The molecular formula is C57H67HfN3. The van der Waals surface area contributed by atoms with Crippen molar-refractivity contribution >= 4 is 0 Å². The van der Waals surface area contributed by atoms with Crippen LogP contribution in [0.15, 0.2) is 152 Å². The van der Waals surface area contributed by atoms with E-state index in [9.17, 15) is 0 Å². The Bertz CT molecular complexity index is 2100. The Labute approximate surface area is 388 Å². The van der Waals surface area contributed by atoms with Gasteiger partial charge in [0.2, 0.25) is 0 Å². The van der Waals surface area contributed by atoms with Crippen molar-refractivity contribution in [3.63, 3.8) is 0 Å². The number of pyridine rings is 1. The molecular weight excluding hydrogens is 905 g/mol. The molecule has 0 saturated heterocycles. The molecule has 5 aromatic carbocycles. The molecule has 61 heavy (non-hydrogen) atoms. The standard InChI is InChI=1S/C36H46N3.3C7H7.Hf/c1-33(2,3)25-17-23(18-26(21-25)34(4,5)6)30-31(39-32(38-30)29-15-13-14-16-37-29)24-19-27(35(7,8)9)22-28(20-24)36(10,11)12;3*1-7-5-3-2-4-6-7;/h13-22H,1-12H3;3*2-6H,1H2;/q4*-1;+4. The number of hydrogen-bond acceptors (Lipinski definition) is 2. The zero-order valence-corrected chi connectivity index (χ0v) is 42.5. The molecule has 2 aromatic heterocycles. The van der Waals surface area contributed by atoms with Crippen molar-refractivity contribution in [2.45, 2.75) is 105 Å². The Hall–Kier alpha value is -5.06. The fourth-order valence-corrected chi connectivity index (χ4v) is 6.05. The van der Waals surface area contributed by atoms with E-state index in [0.717, 1.165) is 44.9 Å². The van der Waals surface area contributed by atoms with Gasteiger partial charge < -0.3 is 9.97 Å². The van der Waals surface area contributed by atoms with Crippen LogP contribution < -0.4 is 4.98 Å². The van der Waals surface area contributed by atoms with Crippen LogP contribution in [0.25, 0.3) is 34.0 Å². The summed E-state index contributed by atoms with van der Waals surface area (Å²) in [6, 6.07) is 49.5. The first-order chi connectivity index (χ1) is 28.0. The molecule has 0 spiro atoms. The van der Waals surface area contributed by atoms with Gasteiger partial charge in [-0.25, -0.2) is 0 Å². The summed E-state index contributed by atoms with van der Waals surface area (Å²) in [6.07, 6.45) is 1.81. The Morgan fingerprint density at radius 3 is 1.02 bits per heavy atom. The smallest absolute Gasteiger partial charge is 0.434 e. The minimum absolute atomic E-state index is 0. The van der Waals surface area contributed by atoms with E-state index in [4.69, 9.17) is 9.97 Å². The van der Waals surface area contributed by atoms with E-state index < -0.39 is 0 Å². The number of hydrogen-bond donors (Lipinski definition) is 0. The van der Waals surface area contributed by atoms with Crippen LogP contribution in [0, 0.1) is 20.8 Å². The summed E-state index contributed by atoms with van der Waals surface area (Å²) < 4.78 is 0. The third kappa shape index (κ3) is 15.7. The normalized spacial score (nSPS) is 11.3. The van der Waals surface area contributed by atoms with E-state index in [1.165, 1.54) is 22.3 Å². The van der Waals surface area contributed by atoms with Crippen molar-refractivity contribution < 1.29 is 25.8 Å². The quantitative estimate of drug-likeness (QED) is 0.131. The van der Waals surface area contributed by atoms with E-state index in [1.807, 2.05) is 109 Å². The molecule has 0 bridgehead atoms. The minimum atomic E-state index is 0. The van der Waals surface area contributed by atoms with Crippen LogP contribution in [0.1, 0.15) is 122 Å². The molecule has 7 aromatic rings. The topological polar surface area (TPSA) is 39.9 Å². The predicted octanol–water partition coefficient (Wildman–Crippen LogP) is 15.2. The van der Waals surface area contributed by atoms with E-state index in [-0.39, 0.29) is 47.5 Å². The average molecular weight is 973 g/mol. The molecule has 0 unspecified atom stereocenters. The van der Waals surface area contributed by atoms with Crippen molar-refractivity contribution in [3.05, 3.63) is 212 Å². The number of nitrogens with zero attached hydrogens (tertiary/aromatic N) is 3. The summed E-state index contributed by atoms with van der Waals surface area (Å²) in [5, 5.41) is 0. The molecule has 0 N–H and O–H groups in total. The third-order valence-electron chi connectivity index (χ3n) is 9.96. The first-order valence-corrected chi connectivity index (χ1v) is 20.9. The maximum Gasteiger partial charge on any atom is 4.00 e. The molecule has 0 saturated carbocycles. The fraction of sp³-hybridized carbons (Fsp3) is 0.281. The zero-order valence-electron chi connectivity index (χ0n) is 38.9. The van der Waals surface area contributed by atoms with E-state index in [2.05, 4.69) is 145 Å². The molecule has 0 aliphatic rings. The van der Waals surface area contributed by atoms with Crippen molar-refractivity contribution in [2.24, 2.45) is 0 Å². The number of imidazole rings is 1. The largest absolute Gasteiger partial charge is 4.00 e. The van der Waals surface area contributed by atoms with Crippen molar-refractivity contribution in [1.29, 1.82) is 0 Å². The third-order valence-corrected chi connectivity index (χ3v) is 9.96. The summed E-state index contributed by atoms with van der Waals surface area (Å²) in [5.74, 6) is 0.664. The number of rotatable bonds is 3. The Morgan fingerprint density at radius 1 is 0.410 bits per heavy atom. The molecule has 4 heteroatoms. The van der Waals surface area contributed by atoms with Gasteiger partial charge in [-0.2, -0.15) is 73.9 Å². The molecule has 3 nitrogen and oxygen atoms in total. The number of aromatic nitrogens is 3. The van der Waals surface area contributed by atoms with Gasteiger partial charge in [-0.1, -0.05) is 144 Å². The second-order valence-electron chi connectivity index (χ2n) is 19.5. The van der Waals surface area contributed by atoms with Crippen LogP contribution in [0.2, 0.25) is 0 Å². The van der Waals surface area contributed by atoms with Gasteiger partial charge in [0.1, 0.15) is 0 Å². The molecule has 0 atom stereocenters. The molecule has 2 heterocycles. The van der Waals surface area contributed by atoms with Crippen LogP contribution >= 0.6 is 0 Å². The van der Waals surface area contributed by atoms with Gasteiger partial charge in [0, 0.05) is 6.20 Å². The Morgan fingerprint density at radius 2 is 0.738 bits per heavy atom. The zero-order chi connectivity index (χ0) is 44.3. The summed E-state index contributed by atoms with van der Waals surface area (Å²) in [5.41, 5.74) is 13.3. The van der Waals surface area contributed by atoms with Crippen LogP contribution in [0.3, 0.4) is 0 Å². The summed E-state index contributed by atoms with van der Waals surface area (Å²) in [7, 11) is 0. The molecule has 0 aliphatic carbocycles. The molecule has 0 radical (unpaired) electrons. The second-order valence-corrected chi connectivity index (χ2v) is 19.5. The van der Waals surface area contributed by atoms with E-state index in [1.54, 1.807) is 6.20 Å². The number of benzene rings is 5. The van der Waals surface area contributed by atoms with Crippen molar-refractivity contribution in [1.82, 2.24) is 15.0 Å². The SMILES string of the molecule is CC(C)(C)c1cc(-c2nc(-c3ccccn3)[n-]c2-c2cc(C(C)(C)C)cc(C(C)(C)C)c2)cc(C(C)(C)C)c1.[CH2-]c1ccccc1.[CH2-]c1ccccc1.[CH2-]c1ccccc1.[Hf+4]. The van der Waals surface area contributed by atoms with Gasteiger partial charge in [0.15, 0.2) is 0 Å². The Balaban J connectivity index is 0.000000362. The maximum absolute atomic E-state index is 5.18. The van der Waals surface area contributed by atoms with Crippen LogP contribution in [0.5, 0.6) is 0 Å². The Kier molecular flexibility index (Phi) is 17.8. The van der Waals surface area contributed by atoms with Crippen LogP contribution in [0.4, 0.5) is 0 Å². The summed E-state index contributed by atoms with van der Waals surface area (Å²) in [6.45, 7) is 38.5. The van der Waals surface area contributed by atoms with Gasteiger partial charge in [0.25, 0.3) is 0 Å².